The molecule has 0 bridgehead atoms. The fourth-order valence-corrected chi connectivity index (χ4v) is 2.19. The third kappa shape index (κ3) is 1.62. The Morgan fingerprint density at radius 2 is 2.28 bits per heavy atom. The third-order valence-corrected chi connectivity index (χ3v) is 3.02. The molecule has 1 aliphatic rings. The average Bonchev–Trinajstić information content (AvgIpc) is 2.93. The van der Waals surface area contributed by atoms with Crippen LogP contribution in [0, 0.1) is 0 Å². The molecule has 6 heteroatoms. The molecular weight excluding hydrogens is 234 g/mol. The van der Waals surface area contributed by atoms with E-state index in [4.69, 9.17) is 9.52 Å². The van der Waals surface area contributed by atoms with E-state index in [1.54, 1.807) is 17.9 Å². The number of rotatable bonds is 1. The van der Waals surface area contributed by atoms with Crippen LogP contribution in [-0.4, -0.2) is 27.8 Å². The van der Waals surface area contributed by atoms with Crippen molar-refractivity contribution in [2.75, 3.05) is 11.4 Å². The summed E-state index contributed by atoms with van der Waals surface area (Å²) in [6.07, 6.45) is 0.360. The second-order valence-electron chi connectivity index (χ2n) is 4.15. The number of nitrogens with zero attached hydrogens (tertiary/aromatic N) is 3. The van der Waals surface area contributed by atoms with E-state index in [-0.39, 0.29) is 11.8 Å². The van der Waals surface area contributed by atoms with Gasteiger partial charge in [0, 0.05) is 24.7 Å². The van der Waals surface area contributed by atoms with Gasteiger partial charge in [-0.05, 0) is 30.2 Å². The van der Waals surface area contributed by atoms with Crippen molar-refractivity contribution >= 4 is 11.6 Å². The molecule has 0 spiro atoms. The smallest absolute Gasteiger partial charge is 0.412 e. The lowest BCUT2D eigenvalue weighted by Gasteiger charge is -2.14. The molecule has 1 amide bonds. The largest absolute Gasteiger partial charge is 0.465 e. The zero-order valence-corrected chi connectivity index (χ0v) is 9.75. The maximum atomic E-state index is 11.4. The van der Waals surface area contributed by atoms with Crippen LogP contribution in [0.15, 0.2) is 22.6 Å². The van der Waals surface area contributed by atoms with E-state index in [0.717, 1.165) is 23.2 Å². The van der Waals surface area contributed by atoms with Gasteiger partial charge in [0.2, 0.25) is 5.91 Å². The summed E-state index contributed by atoms with van der Waals surface area (Å²) < 4.78 is 4.96. The van der Waals surface area contributed by atoms with Gasteiger partial charge >= 0.3 is 6.08 Å². The number of hydrogen-bond acceptors (Lipinski definition) is 5. The van der Waals surface area contributed by atoms with Crippen LogP contribution in [0.5, 0.6) is 6.08 Å². The molecule has 0 atom stereocenters. The van der Waals surface area contributed by atoms with Gasteiger partial charge in [0.25, 0.3) is 5.89 Å². The average molecular weight is 245 g/mol. The predicted molar refractivity (Wildman–Crippen MR) is 63.1 cm³/mol. The Morgan fingerprint density at radius 1 is 1.44 bits per heavy atom. The molecule has 0 saturated heterocycles. The number of aromatic hydroxyl groups is 1. The number of aromatic nitrogens is 2. The molecule has 0 radical (unpaired) electrons. The van der Waals surface area contributed by atoms with E-state index in [0.29, 0.717) is 6.54 Å². The Hall–Kier alpha value is -2.37. The molecule has 2 heterocycles. The summed E-state index contributed by atoms with van der Waals surface area (Å²) in [7, 11) is 0. The normalized spacial score (nSPS) is 13.7. The molecule has 92 valence electrons. The second kappa shape index (κ2) is 3.83. The number of benzene rings is 1. The van der Waals surface area contributed by atoms with E-state index in [9.17, 15) is 4.79 Å². The SMILES string of the molecule is CC(=O)N1CCc2cc(-c3nnc(O)o3)ccc21. The molecule has 3 rings (SSSR count). The van der Waals surface area contributed by atoms with Crippen molar-refractivity contribution in [2.24, 2.45) is 0 Å². The van der Waals surface area contributed by atoms with E-state index in [1.807, 2.05) is 12.1 Å². The monoisotopic (exact) mass is 245 g/mol. The van der Waals surface area contributed by atoms with Gasteiger partial charge in [0.15, 0.2) is 0 Å². The number of amides is 1. The Morgan fingerprint density at radius 3 is 2.94 bits per heavy atom. The van der Waals surface area contributed by atoms with Gasteiger partial charge < -0.3 is 14.4 Å². The van der Waals surface area contributed by atoms with Gasteiger partial charge in [0.1, 0.15) is 0 Å². The van der Waals surface area contributed by atoms with E-state index in [2.05, 4.69) is 10.2 Å². The molecule has 1 aromatic heterocycles. The fraction of sp³-hybridized carbons (Fsp3) is 0.250. The Balaban J connectivity index is 2.01. The standard InChI is InChI=1S/C12H11N3O3/c1-7(16)15-5-4-8-6-9(2-3-10(8)15)11-13-14-12(17)18-11/h2-3,6H,4-5H2,1H3,(H,14,17). The quantitative estimate of drug-likeness (QED) is 0.820. The fourth-order valence-electron chi connectivity index (χ4n) is 2.19. The van der Waals surface area contributed by atoms with Crippen molar-refractivity contribution in [3.05, 3.63) is 23.8 Å². The van der Waals surface area contributed by atoms with E-state index >= 15 is 0 Å². The first-order valence-electron chi connectivity index (χ1n) is 5.59. The van der Waals surface area contributed by atoms with Gasteiger partial charge in [-0.1, -0.05) is 5.10 Å². The molecule has 0 saturated carbocycles. The maximum absolute atomic E-state index is 11.4. The molecule has 1 aliphatic heterocycles. The Labute approximate surface area is 103 Å². The van der Waals surface area contributed by atoms with E-state index < -0.39 is 6.08 Å². The Kier molecular flexibility index (Phi) is 2.29. The van der Waals surface area contributed by atoms with Crippen LogP contribution in [0.1, 0.15) is 12.5 Å². The summed E-state index contributed by atoms with van der Waals surface area (Å²) in [6.45, 7) is 2.25. The molecule has 2 aromatic rings. The number of hydrogen-bond donors (Lipinski definition) is 1. The molecule has 18 heavy (non-hydrogen) atoms. The second-order valence-corrected chi connectivity index (χ2v) is 4.15. The van der Waals surface area contributed by atoms with Crippen LogP contribution >= 0.6 is 0 Å². The topological polar surface area (TPSA) is 79.5 Å². The highest BCUT2D eigenvalue weighted by Crippen LogP contribution is 2.32. The van der Waals surface area contributed by atoms with Crippen LogP contribution < -0.4 is 4.90 Å². The molecule has 0 unspecified atom stereocenters. The molecule has 0 aliphatic carbocycles. The first kappa shape index (κ1) is 10.8. The summed E-state index contributed by atoms with van der Waals surface area (Å²) in [5.74, 6) is 0.313. The minimum atomic E-state index is -0.448. The number of carbonyl (C=O) groups excluding carboxylic acids is 1. The van der Waals surface area contributed by atoms with Crippen LogP contribution in [0.2, 0.25) is 0 Å². The van der Waals surface area contributed by atoms with Crippen molar-refractivity contribution < 1.29 is 14.3 Å². The highest BCUT2D eigenvalue weighted by molar-refractivity contribution is 5.94. The van der Waals surface area contributed by atoms with Gasteiger partial charge in [-0.15, -0.1) is 5.10 Å². The van der Waals surface area contributed by atoms with Gasteiger partial charge in [-0.3, -0.25) is 4.79 Å². The maximum Gasteiger partial charge on any atom is 0.412 e. The minimum absolute atomic E-state index is 0.0388. The molecule has 6 nitrogen and oxygen atoms in total. The van der Waals surface area contributed by atoms with Gasteiger partial charge in [0.05, 0.1) is 0 Å². The number of anilines is 1. The lowest BCUT2D eigenvalue weighted by atomic mass is 10.1. The molecule has 0 fully saturated rings. The third-order valence-electron chi connectivity index (χ3n) is 3.02. The molecule has 1 N–H and O–H groups in total. The van der Waals surface area contributed by atoms with Crippen molar-refractivity contribution in [3.8, 4) is 17.5 Å². The highest BCUT2D eigenvalue weighted by atomic mass is 16.5. The summed E-state index contributed by atoms with van der Waals surface area (Å²) in [5.41, 5.74) is 2.74. The number of fused-ring (bicyclic) bond motifs is 1. The van der Waals surface area contributed by atoms with Crippen LogP contribution in [-0.2, 0) is 11.2 Å². The molecule has 1 aromatic carbocycles. The van der Waals surface area contributed by atoms with Crippen molar-refractivity contribution in [2.45, 2.75) is 13.3 Å². The zero-order chi connectivity index (χ0) is 12.7. The predicted octanol–water partition coefficient (Wildman–Crippen LogP) is 1.35. The summed E-state index contributed by atoms with van der Waals surface area (Å²) in [6, 6.07) is 5.57. The number of carbonyl (C=O) groups is 1. The summed E-state index contributed by atoms with van der Waals surface area (Å²) >= 11 is 0. The minimum Gasteiger partial charge on any atom is -0.465 e. The zero-order valence-electron chi connectivity index (χ0n) is 9.75. The van der Waals surface area contributed by atoms with Crippen LogP contribution in [0.25, 0.3) is 11.5 Å². The van der Waals surface area contributed by atoms with Gasteiger partial charge in [-0.25, -0.2) is 0 Å². The van der Waals surface area contributed by atoms with Crippen molar-refractivity contribution in [1.29, 1.82) is 0 Å². The van der Waals surface area contributed by atoms with Crippen molar-refractivity contribution in [3.63, 3.8) is 0 Å². The van der Waals surface area contributed by atoms with E-state index in [1.165, 1.54) is 0 Å². The van der Waals surface area contributed by atoms with Crippen molar-refractivity contribution in [1.82, 2.24) is 10.2 Å². The first-order valence-corrected chi connectivity index (χ1v) is 5.59. The first-order chi connectivity index (χ1) is 8.65. The summed E-state index contributed by atoms with van der Waals surface area (Å²) in [4.78, 5) is 13.2. The molecular formula is C12H11N3O3. The lowest BCUT2D eigenvalue weighted by Crippen LogP contribution is -2.25. The lowest BCUT2D eigenvalue weighted by molar-refractivity contribution is -0.116. The van der Waals surface area contributed by atoms with Crippen LogP contribution in [0.4, 0.5) is 5.69 Å². The van der Waals surface area contributed by atoms with Crippen LogP contribution in [0.3, 0.4) is 0 Å². The highest BCUT2D eigenvalue weighted by Gasteiger charge is 2.23. The Bertz CT molecular complexity index is 621. The van der Waals surface area contributed by atoms with Gasteiger partial charge in [-0.2, -0.15) is 0 Å². The summed E-state index contributed by atoms with van der Waals surface area (Å²) in [5, 5.41) is 16.2.